The summed E-state index contributed by atoms with van der Waals surface area (Å²) < 4.78 is 0. The van der Waals surface area contributed by atoms with Gasteiger partial charge in [0.25, 0.3) is 5.91 Å². The standard InChI is InChI=1S/C14H16ClNO3/c1-9-4-5-11(12(15)7-9)13(17)16-6-2-3-10(8-16)14(18)19/h4-5,7,10H,2-3,6,8H2,1H3,(H,18,19)/t10-/m1/s1. The SMILES string of the molecule is Cc1ccc(C(=O)N2CCC[C@@H](C(=O)O)C2)c(Cl)c1. The number of rotatable bonds is 2. The van der Waals surface area contributed by atoms with Gasteiger partial charge in [-0.2, -0.15) is 0 Å². The highest BCUT2D eigenvalue weighted by Crippen LogP contribution is 2.23. The van der Waals surface area contributed by atoms with E-state index in [-0.39, 0.29) is 12.5 Å². The fourth-order valence-corrected chi connectivity index (χ4v) is 2.64. The van der Waals surface area contributed by atoms with E-state index in [9.17, 15) is 9.59 Å². The molecule has 1 N–H and O–H groups in total. The van der Waals surface area contributed by atoms with E-state index in [2.05, 4.69) is 0 Å². The Labute approximate surface area is 117 Å². The molecular formula is C14H16ClNO3. The molecule has 2 rings (SSSR count). The summed E-state index contributed by atoms with van der Waals surface area (Å²) in [6.07, 6.45) is 1.34. The second kappa shape index (κ2) is 5.61. The second-order valence-corrected chi connectivity index (χ2v) is 5.32. The van der Waals surface area contributed by atoms with Gasteiger partial charge in [-0.1, -0.05) is 17.7 Å². The number of carboxylic acid groups (broad SMARTS) is 1. The van der Waals surface area contributed by atoms with E-state index in [0.29, 0.717) is 30.0 Å². The van der Waals surface area contributed by atoms with Gasteiger partial charge in [-0.25, -0.2) is 0 Å². The fraction of sp³-hybridized carbons (Fsp3) is 0.429. The number of halogens is 1. The highest BCUT2D eigenvalue weighted by Gasteiger charge is 2.29. The lowest BCUT2D eigenvalue weighted by atomic mass is 9.97. The normalized spacial score (nSPS) is 19.3. The monoisotopic (exact) mass is 281 g/mol. The Morgan fingerprint density at radius 1 is 1.42 bits per heavy atom. The maximum atomic E-state index is 12.3. The number of piperidine rings is 1. The zero-order valence-corrected chi connectivity index (χ0v) is 11.5. The number of carbonyl (C=O) groups excluding carboxylic acids is 1. The Balaban J connectivity index is 2.17. The molecular weight excluding hydrogens is 266 g/mol. The lowest BCUT2D eigenvalue weighted by Crippen LogP contribution is -2.42. The van der Waals surface area contributed by atoms with Crippen molar-refractivity contribution >= 4 is 23.5 Å². The van der Waals surface area contributed by atoms with Crippen LogP contribution in [0, 0.1) is 12.8 Å². The van der Waals surface area contributed by atoms with E-state index < -0.39 is 11.9 Å². The largest absolute Gasteiger partial charge is 0.481 e. The molecule has 0 aliphatic carbocycles. The first-order valence-electron chi connectivity index (χ1n) is 6.27. The molecule has 0 bridgehead atoms. The van der Waals surface area contributed by atoms with Gasteiger partial charge in [0.1, 0.15) is 0 Å². The highest BCUT2D eigenvalue weighted by atomic mass is 35.5. The van der Waals surface area contributed by atoms with E-state index in [1.54, 1.807) is 17.0 Å². The molecule has 1 aliphatic rings. The molecule has 1 fully saturated rings. The number of carboxylic acids is 1. The molecule has 1 atom stereocenters. The third-order valence-electron chi connectivity index (χ3n) is 3.41. The first-order chi connectivity index (χ1) is 8.99. The van der Waals surface area contributed by atoms with Gasteiger partial charge in [0.15, 0.2) is 0 Å². The Morgan fingerprint density at radius 2 is 2.16 bits per heavy atom. The molecule has 1 heterocycles. The Morgan fingerprint density at radius 3 is 2.79 bits per heavy atom. The van der Waals surface area contributed by atoms with Gasteiger partial charge in [0.05, 0.1) is 16.5 Å². The molecule has 1 aromatic carbocycles. The number of aliphatic carboxylic acids is 1. The molecule has 102 valence electrons. The van der Waals surface area contributed by atoms with Gasteiger partial charge in [-0.3, -0.25) is 9.59 Å². The van der Waals surface area contributed by atoms with Crippen molar-refractivity contribution in [3.8, 4) is 0 Å². The summed E-state index contributed by atoms with van der Waals surface area (Å²) in [4.78, 5) is 24.9. The maximum absolute atomic E-state index is 12.3. The van der Waals surface area contributed by atoms with Gasteiger partial charge in [0.2, 0.25) is 0 Å². The number of hydrogen-bond donors (Lipinski definition) is 1. The van der Waals surface area contributed by atoms with Crippen molar-refractivity contribution in [2.45, 2.75) is 19.8 Å². The predicted octanol–water partition coefficient (Wildman–Crippen LogP) is 2.59. The molecule has 4 nitrogen and oxygen atoms in total. The number of likely N-dealkylation sites (tertiary alicyclic amines) is 1. The van der Waals surface area contributed by atoms with Crippen LogP contribution >= 0.6 is 11.6 Å². The Hall–Kier alpha value is -1.55. The van der Waals surface area contributed by atoms with Gasteiger partial charge in [0, 0.05) is 13.1 Å². The highest BCUT2D eigenvalue weighted by molar-refractivity contribution is 6.33. The van der Waals surface area contributed by atoms with Crippen LogP contribution in [-0.4, -0.2) is 35.0 Å². The van der Waals surface area contributed by atoms with Crippen molar-refractivity contribution in [1.29, 1.82) is 0 Å². The van der Waals surface area contributed by atoms with Gasteiger partial charge >= 0.3 is 5.97 Å². The molecule has 1 amide bonds. The number of carbonyl (C=O) groups is 2. The molecule has 0 aromatic heterocycles. The van der Waals surface area contributed by atoms with Crippen molar-refractivity contribution in [3.63, 3.8) is 0 Å². The van der Waals surface area contributed by atoms with Crippen LogP contribution in [0.15, 0.2) is 18.2 Å². The van der Waals surface area contributed by atoms with E-state index in [1.165, 1.54) is 0 Å². The molecule has 19 heavy (non-hydrogen) atoms. The van der Waals surface area contributed by atoms with E-state index in [1.807, 2.05) is 13.0 Å². The fourth-order valence-electron chi connectivity index (χ4n) is 2.33. The van der Waals surface area contributed by atoms with Crippen LogP contribution in [0.2, 0.25) is 5.02 Å². The third-order valence-corrected chi connectivity index (χ3v) is 3.73. The number of nitrogens with zero attached hydrogens (tertiary/aromatic N) is 1. The van der Waals surface area contributed by atoms with Crippen LogP contribution < -0.4 is 0 Å². The summed E-state index contributed by atoms with van der Waals surface area (Å²) in [5, 5.41) is 9.45. The van der Waals surface area contributed by atoms with Crippen LogP contribution in [0.5, 0.6) is 0 Å². The van der Waals surface area contributed by atoms with Crippen molar-refractivity contribution in [1.82, 2.24) is 4.90 Å². The lowest BCUT2D eigenvalue weighted by molar-refractivity contribution is -0.143. The molecule has 0 radical (unpaired) electrons. The van der Waals surface area contributed by atoms with Gasteiger partial charge < -0.3 is 10.0 Å². The van der Waals surface area contributed by atoms with Crippen LogP contribution in [-0.2, 0) is 4.79 Å². The van der Waals surface area contributed by atoms with E-state index in [0.717, 1.165) is 5.56 Å². The van der Waals surface area contributed by atoms with Crippen LogP contribution in [0.25, 0.3) is 0 Å². The van der Waals surface area contributed by atoms with Crippen molar-refractivity contribution < 1.29 is 14.7 Å². The lowest BCUT2D eigenvalue weighted by Gasteiger charge is -2.31. The number of hydrogen-bond acceptors (Lipinski definition) is 2. The average molecular weight is 282 g/mol. The average Bonchev–Trinajstić information content (AvgIpc) is 2.38. The zero-order valence-electron chi connectivity index (χ0n) is 10.7. The van der Waals surface area contributed by atoms with Gasteiger partial charge in [-0.05, 0) is 37.5 Å². The van der Waals surface area contributed by atoms with Crippen molar-refractivity contribution in [2.24, 2.45) is 5.92 Å². The summed E-state index contributed by atoms with van der Waals surface area (Å²) in [6.45, 7) is 2.76. The summed E-state index contributed by atoms with van der Waals surface area (Å²) in [5.41, 5.74) is 1.43. The minimum absolute atomic E-state index is 0.184. The number of amides is 1. The summed E-state index contributed by atoms with van der Waals surface area (Å²) in [7, 11) is 0. The third kappa shape index (κ3) is 3.07. The first-order valence-corrected chi connectivity index (χ1v) is 6.65. The minimum Gasteiger partial charge on any atom is -0.481 e. The quantitative estimate of drug-likeness (QED) is 0.906. The molecule has 1 saturated heterocycles. The Bertz CT molecular complexity index is 515. The molecule has 5 heteroatoms. The van der Waals surface area contributed by atoms with Gasteiger partial charge in [-0.15, -0.1) is 0 Å². The van der Waals surface area contributed by atoms with Crippen LogP contribution in [0.3, 0.4) is 0 Å². The molecule has 0 spiro atoms. The van der Waals surface area contributed by atoms with E-state index >= 15 is 0 Å². The molecule has 1 aliphatic heterocycles. The first kappa shape index (κ1) is 13.9. The van der Waals surface area contributed by atoms with Crippen molar-refractivity contribution in [2.75, 3.05) is 13.1 Å². The predicted molar refractivity (Wildman–Crippen MR) is 72.5 cm³/mol. The second-order valence-electron chi connectivity index (χ2n) is 4.91. The topological polar surface area (TPSA) is 57.6 Å². The van der Waals surface area contributed by atoms with Crippen molar-refractivity contribution in [3.05, 3.63) is 34.3 Å². The minimum atomic E-state index is -0.840. The molecule has 0 unspecified atom stereocenters. The Kier molecular flexibility index (Phi) is 4.10. The number of aryl methyl sites for hydroxylation is 1. The van der Waals surface area contributed by atoms with Crippen LogP contribution in [0.4, 0.5) is 0 Å². The zero-order chi connectivity index (χ0) is 14.0. The summed E-state index contributed by atoms with van der Waals surface area (Å²) in [5.74, 6) is -1.50. The summed E-state index contributed by atoms with van der Waals surface area (Å²) in [6, 6.07) is 5.27. The molecule has 0 saturated carbocycles. The number of benzene rings is 1. The molecule has 1 aromatic rings. The smallest absolute Gasteiger partial charge is 0.308 e. The van der Waals surface area contributed by atoms with Crippen LogP contribution in [0.1, 0.15) is 28.8 Å². The van der Waals surface area contributed by atoms with E-state index in [4.69, 9.17) is 16.7 Å². The maximum Gasteiger partial charge on any atom is 0.308 e. The summed E-state index contributed by atoms with van der Waals surface area (Å²) >= 11 is 6.08.